The van der Waals surface area contributed by atoms with Crippen LogP contribution in [0.2, 0.25) is 5.02 Å². The number of halogens is 1. The number of benzene rings is 1. The molecule has 0 radical (unpaired) electrons. The zero-order valence-electron chi connectivity index (χ0n) is 12.7. The molecule has 2 rings (SSSR count). The molecule has 8 heteroatoms. The topological polar surface area (TPSA) is 81.1 Å². The molecule has 0 atom stereocenters. The van der Waals surface area contributed by atoms with Crippen molar-refractivity contribution in [2.75, 3.05) is 12.3 Å². The first-order valence-electron chi connectivity index (χ1n) is 7.23. The molecule has 0 amide bonds. The van der Waals surface area contributed by atoms with Crippen molar-refractivity contribution in [3.8, 4) is 11.3 Å². The van der Waals surface area contributed by atoms with Gasteiger partial charge < -0.3 is 0 Å². The minimum Gasteiger partial charge on any atom is -0.268 e. The Morgan fingerprint density at radius 3 is 2.52 bits per heavy atom. The maximum Gasteiger partial charge on any atom is 0.266 e. The molecule has 23 heavy (non-hydrogen) atoms. The summed E-state index contributed by atoms with van der Waals surface area (Å²) in [6.07, 6.45) is 0.541. The molecule has 0 aliphatic rings. The molecule has 0 spiro atoms. The van der Waals surface area contributed by atoms with Gasteiger partial charge in [-0.15, -0.1) is 0 Å². The van der Waals surface area contributed by atoms with E-state index in [9.17, 15) is 13.2 Å². The molecule has 0 aliphatic carbocycles. The Bertz CT molecular complexity index is 817. The Labute approximate surface area is 140 Å². The van der Waals surface area contributed by atoms with Crippen molar-refractivity contribution in [1.29, 1.82) is 0 Å². The van der Waals surface area contributed by atoms with Crippen molar-refractivity contribution < 1.29 is 8.42 Å². The molecule has 1 N–H and O–H groups in total. The molecule has 1 aromatic heterocycles. The summed E-state index contributed by atoms with van der Waals surface area (Å²) in [7, 11) is -3.29. The minimum atomic E-state index is -3.29. The maximum absolute atomic E-state index is 11.8. The van der Waals surface area contributed by atoms with Gasteiger partial charge in [-0.2, -0.15) is 5.10 Å². The highest BCUT2D eigenvalue weighted by molar-refractivity contribution is 7.89. The first kappa shape index (κ1) is 17.7. The average Bonchev–Trinajstić information content (AvgIpc) is 2.50. The number of nitrogens with zero attached hydrogens (tertiary/aromatic N) is 2. The highest BCUT2D eigenvalue weighted by Crippen LogP contribution is 2.18. The van der Waals surface area contributed by atoms with Gasteiger partial charge in [0, 0.05) is 23.2 Å². The Balaban J connectivity index is 2.12. The molecular formula is C15H18ClN3O3S. The summed E-state index contributed by atoms with van der Waals surface area (Å²) in [6, 6.07) is 10.1. The molecule has 0 fully saturated rings. The SMILES string of the molecule is CCCS(=O)(=O)NCCn1nc(-c2ccc(Cl)cc2)ccc1=O. The summed E-state index contributed by atoms with van der Waals surface area (Å²) in [5.41, 5.74) is 1.17. The van der Waals surface area contributed by atoms with Crippen molar-refractivity contribution in [3.05, 3.63) is 51.8 Å². The van der Waals surface area contributed by atoms with E-state index in [0.29, 0.717) is 17.1 Å². The van der Waals surface area contributed by atoms with Crippen LogP contribution in [0.1, 0.15) is 13.3 Å². The number of hydrogen-bond acceptors (Lipinski definition) is 4. The average molecular weight is 356 g/mol. The lowest BCUT2D eigenvalue weighted by molar-refractivity contribution is 0.548. The Kier molecular flexibility index (Phi) is 5.92. The zero-order valence-corrected chi connectivity index (χ0v) is 14.3. The number of hydrogen-bond donors (Lipinski definition) is 1. The Morgan fingerprint density at radius 2 is 1.87 bits per heavy atom. The van der Waals surface area contributed by atoms with Gasteiger partial charge in [-0.25, -0.2) is 17.8 Å². The van der Waals surface area contributed by atoms with Gasteiger partial charge >= 0.3 is 0 Å². The third kappa shape index (κ3) is 5.16. The second-order valence-electron chi connectivity index (χ2n) is 5.00. The zero-order chi connectivity index (χ0) is 16.9. The predicted octanol–water partition coefficient (Wildman–Crippen LogP) is 1.89. The molecule has 0 bridgehead atoms. The van der Waals surface area contributed by atoms with E-state index >= 15 is 0 Å². The molecular weight excluding hydrogens is 338 g/mol. The van der Waals surface area contributed by atoms with Crippen LogP contribution in [0.15, 0.2) is 41.2 Å². The van der Waals surface area contributed by atoms with Crippen LogP contribution in [0.5, 0.6) is 0 Å². The molecule has 6 nitrogen and oxygen atoms in total. The van der Waals surface area contributed by atoms with Gasteiger partial charge in [0.05, 0.1) is 18.0 Å². The number of aromatic nitrogens is 2. The summed E-state index contributed by atoms with van der Waals surface area (Å²) in [5, 5.41) is 4.88. The minimum absolute atomic E-state index is 0.0696. The van der Waals surface area contributed by atoms with E-state index in [4.69, 9.17) is 11.6 Å². The maximum atomic E-state index is 11.8. The molecule has 0 saturated carbocycles. The Morgan fingerprint density at radius 1 is 1.17 bits per heavy atom. The highest BCUT2D eigenvalue weighted by Gasteiger charge is 2.08. The summed E-state index contributed by atoms with van der Waals surface area (Å²) >= 11 is 5.85. The van der Waals surface area contributed by atoms with Gasteiger partial charge in [0.2, 0.25) is 10.0 Å². The van der Waals surface area contributed by atoms with Crippen LogP contribution < -0.4 is 10.3 Å². The van der Waals surface area contributed by atoms with Gasteiger partial charge in [0.25, 0.3) is 5.56 Å². The standard InChI is InChI=1S/C15H18ClN3O3S/c1-2-11-23(21,22)17-9-10-19-15(20)8-7-14(18-19)12-3-5-13(16)6-4-12/h3-8,17H,2,9-11H2,1H3. The van der Waals surface area contributed by atoms with Crippen molar-refractivity contribution in [3.63, 3.8) is 0 Å². The van der Waals surface area contributed by atoms with Crippen LogP contribution >= 0.6 is 11.6 Å². The molecule has 124 valence electrons. The molecule has 0 saturated heterocycles. The smallest absolute Gasteiger partial charge is 0.266 e. The third-order valence-electron chi connectivity index (χ3n) is 3.13. The van der Waals surface area contributed by atoms with E-state index in [-0.39, 0.29) is 24.4 Å². The second kappa shape index (κ2) is 7.72. The van der Waals surface area contributed by atoms with Crippen LogP contribution in [0.3, 0.4) is 0 Å². The van der Waals surface area contributed by atoms with Crippen LogP contribution in [-0.4, -0.2) is 30.5 Å². The first-order chi connectivity index (χ1) is 10.9. The summed E-state index contributed by atoms with van der Waals surface area (Å²) in [4.78, 5) is 11.8. The lowest BCUT2D eigenvalue weighted by Gasteiger charge is -2.08. The van der Waals surface area contributed by atoms with E-state index in [1.165, 1.54) is 10.7 Å². The van der Waals surface area contributed by atoms with E-state index in [2.05, 4.69) is 9.82 Å². The van der Waals surface area contributed by atoms with Gasteiger partial charge in [-0.3, -0.25) is 4.79 Å². The van der Waals surface area contributed by atoms with Gasteiger partial charge in [-0.1, -0.05) is 30.7 Å². The molecule has 2 aromatic rings. The number of rotatable bonds is 7. The number of sulfonamides is 1. The third-order valence-corrected chi connectivity index (χ3v) is 4.97. The fraction of sp³-hybridized carbons (Fsp3) is 0.333. The summed E-state index contributed by atoms with van der Waals surface area (Å²) < 4.78 is 26.9. The van der Waals surface area contributed by atoms with E-state index < -0.39 is 10.0 Å². The Hall–Kier alpha value is -1.70. The van der Waals surface area contributed by atoms with Crippen molar-refractivity contribution in [2.24, 2.45) is 0 Å². The largest absolute Gasteiger partial charge is 0.268 e. The molecule has 1 heterocycles. The highest BCUT2D eigenvalue weighted by atomic mass is 35.5. The molecule has 1 aromatic carbocycles. The van der Waals surface area contributed by atoms with E-state index in [1.807, 2.05) is 12.1 Å². The lowest BCUT2D eigenvalue weighted by Crippen LogP contribution is -2.33. The first-order valence-corrected chi connectivity index (χ1v) is 9.26. The normalized spacial score (nSPS) is 11.6. The quantitative estimate of drug-likeness (QED) is 0.822. The van der Waals surface area contributed by atoms with Gasteiger partial charge in [-0.05, 0) is 24.6 Å². The number of nitrogens with one attached hydrogen (secondary N) is 1. The molecule has 0 aliphatic heterocycles. The van der Waals surface area contributed by atoms with Crippen LogP contribution in [-0.2, 0) is 16.6 Å². The van der Waals surface area contributed by atoms with Crippen molar-refractivity contribution in [1.82, 2.24) is 14.5 Å². The van der Waals surface area contributed by atoms with Crippen molar-refractivity contribution in [2.45, 2.75) is 19.9 Å². The van der Waals surface area contributed by atoms with Gasteiger partial charge in [0.1, 0.15) is 0 Å². The van der Waals surface area contributed by atoms with Gasteiger partial charge in [0.15, 0.2) is 0 Å². The van der Waals surface area contributed by atoms with Crippen LogP contribution in [0, 0.1) is 0 Å². The van der Waals surface area contributed by atoms with Crippen LogP contribution in [0.4, 0.5) is 0 Å². The molecule has 0 unspecified atom stereocenters. The summed E-state index contributed by atoms with van der Waals surface area (Å²) in [5.74, 6) is 0.0696. The fourth-order valence-electron chi connectivity index (χ4n) is 2.03. The summed E-state index contributed by atoms with van der Waals surface area (Å²) in [6.45, 7) is 2.09. The van der Waals surface area contributed by atoms with E-state index in [0.717, 1.165) is 5.56 Å². The van der Waals surface area contributed by atoms with E-state index in [1.54, 1.807) is 25.1 Å². The second-order valence-corrected chi connectivity index (χ2v) is 7.36. The lowest BCUT2D eigenvalue weighted by atomic mass is 10.1. The van der Waals surface area contributed by atoms with Crippen LogP contribution in [0.25, 0.3) is 11.3 Å². The predicted molar refractivity (Wildman–Crippen MR) is 91.0 cm³/mol. The monoisotopic (exact) mass is 355 g/mol. The fourth-order valence-corrected chi connectivity index (χ4v) is 3.24. The van der Waals surface area contributed by atoms with Crippen molar-refractivity contribution >= 4 is 21.6 Å².